The molecule has 0 unspecified atom stereocenters. The first kappa shape index (κ1) is 15.7. The molecular formula is C16H13N5O2S2. The Labute approximate surface area is 151 Å². The highest BCUT2D eigenvalue weighted by Gasteiger charge is 2.20. The molecule has 7 nitrogen and oxygen atoms in total. The molecule has 0 fully saturated rings. The van der Waals surface area contributed by atoms with Crippen molar-refractivity contribution >= 4 is 34.3 Å². The van der Waals surface area contributed by atoms with Crippen molar-refractivity contribution in [1.82, 2.24) is 19.7 Å². The second-order valence-electron chi connectivity index (χ2n) is 5.27. The van der Waals surface area contributed by atoms with Gasteiger partial charge in [0, 0.05) is 12.4 Å². The molecule has 0 bridgehead atoms. The van der Waals surface area contributed by atoms with Crippen LogP contribution in [0.3, 0.4) is 0 Å². The van der Waals surface area contributed by atoms with Crippen LogP contribution in [0.1, 0.15) is 21.2 Å². The maximum atomic E-state index is 12.7. The summed E-state index contributed by atoms with van der Waals surface area (Å²) in [6, 6.07) is 5.65. The van der Waals surface area contributed by atoms with Crippen molar-refractivity contribution in [3.05, 3.63) is 52.4 Å². The van der Waals surface area contributed by atoms with Crippen molar-refractivity contribution in [1.29, 1.82) is 0 Å². The van der Waals surface area contributed by atoms with Crippen molar-refractivity contribution < 1.29 is 9.32 Å². The van der Waals surface area contributed by atoms with Crippen molar-refractivity contribution in [3.8, 4) is 15.9 Å². The molecular weight excluding hydrogens is 358 g/mol. The van der Waals surface area contributed by atoms with Gasteiger partial charge in [0.15, 0.2) is 11.0 Å². The van der Waals surface area contributed by atoms with E-state index >= 15 is 0 Å². The first-order valence-corrected chi connectivity index (χ1v) is 9.12. The van der Waals surface area contributed by atoms with Crippen LogP contribution in [0.5, 0.6) is 0 Å². The smallest absolute Gasteiger partial charge is 0.270 e. The monoisotopic (exact) mass is 371 g/mol. The lowest BCUT2D eigenvalue weighted by atomic mass is 10.3. The second-order valence-corrected chi connectivity index (χ2v) is 7.16. The first-order chi connectivity index (χ1) is 12.1. The van der Waals surface area contributed by atoms with E-state index in [1.165, 1.54) is 22.7 Å². The predicted molar refractivity (Wildman–Crippen MR) is 96.5 cm³/mol. The van der Waals surface area contributed by atoms with Crippen LogP contribution >= 0.6 is 22.7 Å². The average molecular weight is 371 g/mol. The van der Waals surface area contributed by atoms with Gasteiger partial charge in [0.2, 0.25) is 0 Å². The summed E-state index contributed by atoms with van der Waals surface area (Å²) in [4.78, 5) is 22.7. The van der Waals surface area contributed by atoms with Crippen LogP contribution in [0, 0.1) is 13.8 Å². The number of thiazole rings is 1. The highest BCUT2D eigenvalue weighted by molar-refractivity contribution is 7.16. The van der Waals surface area contributed by atoms with Crippen molar-refractivity contribution in [3.63, 3.8) is 0 Å². The molecule has 0 saturated carbocycles. The van der Waals surface area contributed by atoms with Crippen LogP contribution in [-0.2, 0) is 0 Å². The maximum absolute atomic E-state index is 12.7. The van der Waals surface area contributed by atoms with Gasteiger partial charge in [-0.2, -0.15) is 4.98 Å². The zero-order chi connectivity index (χ0) is 17.4. The molecule has 0 saturated heterocycles. The van der Waals surface area contributed by atoms with Gasteiger partial charge in [0.25, 0.3) is 11.8 Å². The lowest BCUT2D eigenvalue weighted by Gasteiger charge is -2.03. The van der Waals surface area contributed by atoms with E-state index in [4.69, 9.17) is 4.52 Å². The van der Waals surface area contributed by atoms with Crippen molar-refractivity contribution in [2.24, 2.45) is 0 Å². The third-order valence-electron chi connectivity index (χ3n) is 3.45. The minimum Gasteiger partial charge on any atom is -0.333 e. The summed E-state index contributed by atoms with van der Waals surface area (Å²) in [5.74, 6) is 0.747. The minimum absolute atomic E-state index is 0.204. The fourth-order valence-electron chi connectivity index (χ4n) is 2.31. The van der Waals surface area contributed by atoms with Crippen LogP contribution in [0.15, 0.2) is 40.5 Å². The van der Waals surface area contributed by atoms with Gasteiger partial charge >= 0.3 is 0 Å². The molecule has 0 atom stereocenters. The molecule has 0 aliphatic heterocycles. The number of anilines is 1. The molecule has 0 radical (unpaired) electrons. The Hall–Kier alpha value is -2.78. The van der Waals surface area contributed by atoms with E-state index in [1.807, 2.05) is 47.5 Å². The number of carbonyl (C=O) groups excluding carboxylic acids is 1. The molecule has 4 rings (SSSR count). The molecule has 9 heteroatoms. The Morgan fingerprint density at radius 1 is 1.24 bits per heavy atom. The second kappa shape index (κ2) is 6.26. The SMILES string of the molecule is Cc1noc(-c2sccc2NC(=O)c2sc(-n3cccc3)nc2C)n1. The summed E-state index contributed by atoms with van der Waals surface area (Å²) in [6.07, 6.45) is 3.80. The van der Waals surface area contributed by atoms with Gasteiger partial charge in [-0.25, -0.2) is 4.98 Å². The zero-order valence-corrected chi connectivity index (χ0v) is 15.0. The van der Waals surface area contributed by atoms with Gasteiger partial charge in [-0.3, -0.25) is 4.79 Å². The van der Waals surface area contributed by atoms with Crippen molar-refractivity contribution in [2.45, 2.75) is 13.8 Å². The van der Waals surface area contributed by atoms with Crippen LogP contribution in [0.2, 0.25) is 0 Å². The molecule has 1 amide bonds. The van der Waals surface area contributed by atoms with Crippen LogP contribution < -0.4 is 5.32 Å². The van der Waals surface area contributed by atoms with Crippen LogP contribution in [-0.4, -0.2) is 25.6 Å². The zero-order valence-electron chi connectivity index (χ0n) is 13.4. The number of aryl methyl sites for hydroxylation is 2. The molecule has 0 aliphatic carbocycles. The van der Waals surface area contributed by atoms with E-state index in [1.54, 1.807) is 6.92 Å². The summed E-state index contributed by atoms with van der Waals surface area (Å²) >= 11 is 2.78. The summed E-state index contributed by atoms with van der Waals surface area (Å²) in [5, 5.41) is 9.34. The molecule has 4 aromatic rings. The molecule has 0 aliphatic rings. The number of aromatic nitrogens is 4. The summed E-state index contributed by atoms with van der Waals surface area (Å²) in [5.41, 5.74) is 1.34. The fraction of sp³-hybridized carbons (Fsp3) is 0.125. The third-order valence-corrected chi connectivity index (χ3v) is 5.52. The Bertz CT molecular complexity index is 1030. The quantitative estimate of drug-likeness (QED) is 0.588. The van der Waals surface area contributed by atoms with E-state index in [0.29, 0.717) is 28.0 Å². The van der Waals surface area contributed by atoms with Gasteiger partial charge in [-0.05, 0) is 37.4 Å². The number of thiophene rings is 1. The van der Waals surface area contributed by atoms with Crippen molar-refractivity contribution in [2.75, 3.05) is 5.32 Å². The number of hydrogen-bond donors (Lipinski definition) is 1. The lowest BCUT2D eigenvalue weighted by Crippen LogP contribution is -2.11. The van der Waals surface area contributed by atoms with Gasteiger partial charge < -0.3 is 14.4 Å². The van der Waals surface area contributed by atoms with Gasteiger partial charge in [0.1, 0.15) is 9.75 Å². The maximum Gasteiger partial charge on any atom is 0.270 e. The topological polar surface area (TPSA) is 85.8 Å². The molecule has 0 aromatic carbocycles. The summed E-state index contributed by atoms with van der Waals surface area (Å²) in [7, 11) is 0. The van der Waals surface area contributed by atoms with E-state index in [2.05, 4.69) is 20.4 Å². The largest absolute Gasteiger partial charge is 0.333 e. The van der Waals surface area contributed by atoms with Crippen LogP contribution in [0.4, 0.5) is 5.69 Å². The number of nitrogens with one attached hydrogen (secondary N) is 1. The average Bonchev–Trinajstić information content (AvgIpc) is 3.32. The first-order valence-electron chi connectivity index (χ1n) is 7.42. The Balaban J connectivity index is 1.60. The van der Waals surface area contributed by atoms with Crippen LogP contribution in [0.25, 0.3) is 15.9 Å². The third kappa shape index (κ3) is 2.99. The lowest BCUT2D eigenvalue weighted by molar-refractivity contribution is 0.103. The highest BCUT2D eigenvalue weighted by Crippen LogP contribution is 2.33. The fourth-order valence-corrected chi connectivity index (χ4v) is 4.01. The molecule has 25 heavy (non-hydrogen) atoms. The number of nitrogens with zero attached hydrogens (tertiary/aromatic N) is 4. The summed E-state index contributed by atoms with van der Waals surface area (Å²) in [6.45, 7) is 3.58. The number of rotatable bonds is 4. The number of amides is 1. The number of hydrogen-bond acceptors (Lipinski definition) is 7. The molecule has 0 spiro atoms. The van der Waals surface area contributed by atoms with Gasteiger partial charge in [-0.15, -0.1) is 11.3 Å². The van der Waals surface area contributed by atoms with E-state index in [-0.39, 0.29) is 5.91 Å². The highest BCUT2D eigenvalue weighted by atomic mass is 32.1. The van der Waals surface area contributed by atoms with Gasteiger partial charge in [0.05, 0.1) is 11.4 Å². The molecule has 1 N–H and O–H groups in total. The van der Waals surface area contributed by atoms with E-state index in [0.717, 1.165) is 10.0 Å². The predicted octanol–water partition coefficient (Wildman–Crippen LogP) is 3.91. The standard InChI is InChI=1S/C16H13N5O2S2/c1-9-12(25-16(17-9)21-6-3-4-7-21)14(22)19-11-5-8-24-13(11)15-18-10(2)20-23-15/h3-8H,1-2H3,(H,19,22). The molecule has 4 heterocycles. The number of carbonyl (C=O) groups is 1. The molecule has 4 aromatic heterocycles. The molecule has 126 valence electrons. The van der Waals surface area contributed by atoms with E-state index in [9.17, 15) is 4.79 Å². The Morgan fingerprint density at radius 3 is 2.76 bits per heavy atom. The Kier molecular flexibility index (Phi) is 3.94. The van der Waals surface area contributed by atoms with E-state index < -0.39 is 0 Å². The summed E-state index contributed by atoms with van der Waals surface area (Å²) < 4.78 is 7.08. The van der Waals surface area contributed by atoms with Gasteiger partial charge in [-0.1, -0.05) is 16.5 Å². The minimum atomic E-state index is -0.204. The normalized spacial score (nSPS) is 11.0. The Morgan fingerprint density at radius 2 is 2.04 bits per heavy atom.